The van der Waals surface area contributed by atoms with E-state index in [0.29, 0.717) is 18.4 Å². The van der Waals surface area contributed by atoms with Crippen LogP contribution in [0.5, 0.6) is 0 Å². The fourth-order valence-electron chi connectivity index (χ4n) is 2.77. The molecule has 0 aliphatic heterocycles. The van der Waals surface area contributed by atoms with Crippen LogP contribution in [0.3, 0.4) is 0 Å². The summed E-state index contributed by atoms with van der Waals surface area (Å²) in [5.41, 5.74) is 4.92. The molecule has 4 nitrogen and oxygen atoms in total. The van der Waals surface area contributed by atoms with E-state index in [-0.39, 0.29) is 12.0 Å². The van der Waals surface area contributed by atoms with Crippen LogP contribution < -0.4 is 5.73 Å². The molecule has 3 N–H and O–H groups in total. The van der Waals surface area contributed by atoms with Crippen LogP contribution in [0.15, 0.2) is 24.3 Å². The predicted octanol–water partition coefficient (Wildman–Crippen LogP) is 1.60. The van der Waals surface area contributed by atoms with Crippen LogP contribution in [-0.4, -0.2) is 24.4 Å². The first kappa shape index (κ1) is 12.2. The molecule has 0 saturated heterocycles. The number of carbonyl (C=O) groups excluding carboxylic acids is 1. The number of hydrogen-bond acceptors (Lipinski definition) is 3. The maximum absolute atomic E-state index is 10.8. The van der Waals surface area contributed by atoms with Crippen molar-refractivity contribution in [1.82, 2.24) is 0 Å². The van der Waals surface area contributed by atoms with Crippen LogP contribution in [0.4, 0.5) is 4.79 Å². The summed E-state index contributed by atoms with van der Waals surface area (Å²) in [5.74, 6) is 0.880. The van der Waals surface area contributed by atoms with Crippen molar-refractivity contribution in [2.24, 2.45) is 23.0 Å². The van der Waals surface area contributed by atoms with Gasteiger partial charge in [-0.15, -0.1) is 0 Å². The quantitative estimate of drug-likeness (QED) is 0.780. The molecule has 1 saturated carbocycles. The molecule has 0 heterocycles. The van der Waals surface area contributed by atoms with Gasteiger partial charge in [0.25, 0.3) is 0 Å². The third-order valence-electron chi connectivity index (χ3n) is 3.96. The normalized spacial score (nSPS) is 35.4. The molecule has 0 aromatic carbocycles. The third kappa shape index (κ3) is 2.52. The van der Waals surface area contributed by atoms with Gasteiger partial charge in [0.1, 0.15) is 6.61 Å². The molecule has 1 atom stereocenters. The van der Waals surface area contributed by atoms with Crippen LogP contribution in [0, 0.1) is 17.3 Å². The van der Waals surface area contributed by atoms with Gasteiger partial charge in [-0.3, -0.25) is 0 Å². The molecule has 0 aromatic heterocycles. The van der Waals surface area contributed by atoms with E-state index in [0.717, 1.165) is 19.3 Å². The lowest BCUT2D eigenvalue weighted by molar-refractivity contribution is -0.00139. The van der Waals surface area contributed by atoms with E-state index in [4.69, 9.17) is 15.6 Å². The maximum Gasteiger partial charge on any atom is 0.404 e. The van der Waals surface area contributed by atoms with Gasteiger partial charge < -0.3 is 15.6 Å². The molecule has 1 unspecified atom stereocenters. The number of rotatable bonds is 4. The van der Waals surface area contributed by atoms with E-state index >= 15 is 0 Å². The zero-order chi connectivity index (χ0) is 12.3. The monoisotopic (exact) mass is 237 g/mol. The van der Waals surface area contributed by atoms with Gasteiger partial charge in [-0.2, -0.15) is 0 Å². The Morgan fingerprint density at radius 1 is 1.47 bits per heavy atom. The highest BCUT2D eigenvalue weighted by Gasteiger charge is 2.44. The van der Waals surface area contributed by atoms with E-state index in [1.165, 1.54) is 0 Å². The Bertz CT molecular complexity index is 345. The Morgan fingerprint density at radius 2 is 2.24 bits per heavy atom. The highest BCUT2D eigenvalue weighted by Crippen LogP contribution is 2.49. The minimum Gasteiger partial charge on any atom is -0.449 e. The van der Waals surface area contributed by atoms with Gasteiger partial charge in [0.15, 0.2) is 0 Å². The molecule has 0 spiro atoms. The van der Waals surface area contributed by atoms with Crippen molar-refractivity contribution in [1.29, 1.82) is 0 Å². The molecule has 1 amide bonds. The lowest BCUT2D eigenvalue weighted by Gasteiger charge is -2.47. The zero-order valence-corrected chi connectivity index (χ0v) is 9.84. The minimum atomic E-state index is -0.717. The summed E-state index contributed by atoms with van der Waals surface area (Å²) < 4.78 is 5.00. The van der Waals surface area contributed by atoms with E-state index in [1.54, 1.807) is 0 Å². The van der Waals surface area contributed by atoms with Gasteiger partial charge in [-0.05, 0) is 31.1 Å². The first-order valence-corrected chi connectivity index (χ1v) is 6.04. The van der Waals surface area contributed by atoms with Crippen molar-refractivity contribution in [2.75, 3.05) is 13.2 Å². The minimum absolute atomic E-state index is 0.116. The Kier molecular flexibility index (Phi) is 3.52. The van der Waals surface area contributed by atoms with E-state index in [1.807, 2.05) is 12.2 Å². The van der Waals surface area contributed by atoms with Crippen molar-refractivity contribution in [3.63, 3.8) is 0 Å². The molecule has 2 aliphatic rings. The van der Waals surface area contributed by atoms with Crippen molar-refractivity contribution < 1.29 is 14.6 Å². The Hall–Kier alpha value is -1.29. The van der Waals surface area contributed by atoms with Crippen LogP contribution in [0.25, 0.3) is 0 Å². The lowest BCUT2D eigenvalue weighted by Crippen LogP contribution is -2.43. The molecule has 2 aliphatic carbocycles. The molecule has 0 bridgehead atoms. The first-order valence-electron chi connectivity index (χ1n) is 6.04. The molecule has 0 radical (unpaired) electrons. The molecule has 94 valence electrons. The molecule has 4 heteroatoms. The molecule has 2 rings (SSSR count). The predicted molar refractivity (Wildman–Crippen MR) is 64.2 cm³/mol. The van der Waals surface area contributed by atoms with E-state index in [2.05, 4.69) is 12.2 Å². The first-order chi connectivity index (χ1) is 8.16. The molecular formula is C13H19NO3. The second kappa shape index (κ2) is 4.92. The summed E-state index contributed by atoms with van der Waals surface area (Å²) in [7, 11) is 0. The number of amides is 1. The maximum atomic E-state index is 10.8. The van der Waals surface area contributed by atoms with Gasteiger partial charge in [-0.25, -0.2) is 4.79 Å². The van der Waals surface area contributed by atoms with Crippen molar-refractivity contribution in [2.45, 2.75) is 19.3 Å². The largest absolute Gasteiger partial charge is 0.449 e. The number of hydrogen-bond donors (Lipinski definition) is 2. The summed E-state index contributed by atoms with van der Waals surface area (Å²) >= 11 is 0. The highest BCUT2D eigenvalue weighted by molar-refractivity contribution is 5.64. The fourth-order valence-corrected chi connectivity index (χ4v) is 2.77. The Balaban J connectivity index is 2.01. The summed E-state index contributed by atoms with van der Waals surface area (Å²) in [6.07, 6.45) is 10.4. The van der Waals surface area contributed by atoms with Gasteiger partial charge in [0, 0.05) is 12.0 Å². The number of nitrogens with two attached hydrogens (primary N) is 1. The second-order valence-corrected chi connectivity index (χ2v) is 5.05. The summed E-state index contributed by atoms with van der Waals surface area (Å²) in [6, 6.07) is 0. The number of allylic oxidation sites excluding steroid dienone is 3. The third-order valence-corrected chi connectivity index (χ3v) is 3.96. The number of aliphatic hydroxyl groups excluding tert-OH is 1. The summed E-state index contributed by atoms with van der Waals surface area (Å²) in [5, 5.41) is 9.07. The van der Waals surface area contributed by atoms with Crippen molar-refractivity contribution in [3.8, 4) is 0 Å². The smallest absolute Gasteiger partial charge is 0.404 e. The summed E-state index contributed by atoms with van der Waals surface area (Å²) in [6.45, 7) is 0.592. The number of carbonyl (C=O) groups is 1. The average molecular weight is 237 g/mol. The number of ether oxygens (including phenoxy) is 1. The van der Waals surface area contributed by atoms with Crippen molar-refractivity contribution >= 4 is 6.09 Å². The van der Waals surface area contributed by atoms with Crippen LogP contribution in [0.2, 0.25) is 0 Å². The Morgan fingerprint density at radius 3 is 2.76 bits per heavy atom. The highest BCUT2D eigenvalue weighted by atomic mass is 16.5. The van der Waals surface area contributed by atoms with Crippen LogP contribution in [0.1, 0.15) is 19.3 Å². The molecular weight excluding hydrogens is 218 g/mol. The van der Waals surface area contributed by atoms with Crippen LogP contribution in [-0.2, 0) is 4.74 Å². The molecule has 17 heavy (non-hydrogen) atoms. The number of primary amides is 1. The van der Waals surface area contributed by atoms with Crippen molar-refractivity contribution in [3.05, 3.63) is 24.3 Å². The lowest BCUT2D eigenvalue weighted by atomic mass is 9.59. The zero-order valence-electron chi connectivity index (χ0n) is 9.84. The van der Waals surface area contributed by atoms with E-state index < -0.39 is 6.09 Å². The fraction of sp³-hybridized carbons (Fsp3) is 0.615. The van der Waals surface area contributed by atoms with Gasteiger partial charge in [0.2, 0.25) is 0 Å². The van der Waals surface area contributed by atoms with Crippen LogP contribution >= 0.6 is 0 Å². The summed E-state index contributed by atoms with van der Waals surface area (Å²) in [4.78, 5) is 10.8. The number of aliphatic hydroxyl groups is 1. The van der Waals surface area contributed by atoms with Gasteiger partial charge in [-0.1, -0.05) is 24.3 Å². The standard InChI is InChI=1S/C13H19NO3/c14-12(16)17-9-13(4-2-1-3-5-13)11-6-10(7-11)8-15/h1-4,10-11,15H,5-9H2,(H2,14,16). The Labute approximate surface area is 101 Å². The van der Waals surface area contributed by atoms with Gasteiger partial charge >= 0.3 is 6.09 Å². The average Bonchev–Trinajstić information content (AvgIpc) is 2.26. The second-order valence-electron chi connectivity index (χ2n) is 5.05. The van der Waals surface area contributed by atoms with E-state index in [9.17, 15) is 4.79 Å². The topological polar surface area (TPSA) is 72.6 Å². The molecule has 0 aromatic rings. The SMILES string of the molecule is NC(=O)OCC1(C2CC(CO)C2)C=CC=CC1. The molecule has 1 fully saturated rings. The van der Waals surface area contributed by atoms with Gasteiger partial charge in [0.05, 0.1) is 0 Å².